The van der Waals surface area contributed by atoms with Crippen LogP contribution in [-0.4, -0.2) is 46.0 Å². The molecule has 1 unspecified atom stereocenters. The highest BCUT2D eigenvalue weighted by Gasteiger charge is 2.23. The van der Waals surface area contributed by atoms with Gasteiger partial charge in [-0.1, -0.05) is 0 Å². The summed E-state index contributed by atoms with van der Waals surface area (Å²) in [4.78, 5) is 10.5. The molecule has 2 aromatic heterocycles. The first kappa shape index (κ1) is 11.6. The zero-order chi connectivity index (χ0) is 13.2. The number of nitriles is 1. The molecule has 1 fully saturated rings. The number of nitrogens with one attached hydrogen (secondary N) is 2. The average molecular weight is 260 g/mol. The molecule has 2 aromatic rings. The smallest absolute Gasteiger partial charge is 0.241 e. The molecule has 1 aliphatic rings. The van der Waals surface area contributed by atoms with Gasteiger partial charge in [-0.3, -0.25) is 10.5 Å². The second-order valence-electron chi connectivity index (χ2n) is 4.08. The number of nitrogen functional groups attached to an aromatic ring is 1. The van der Waals surface area contributed by atoms with Crippen LogP contribution in [0.5, 0.6) is 0 Å². The van der Waals surface area contributed by atoms with Gasteiger partial charge in [-0.15, -0.1) is 0 Å². The van der Waals surface area contributed by atoms with E-state index in [1.807, 2.05) is 4.90 Å². The second-order valence-corrected chi connectivity index (χ2v) is 4.08. The standard InChI is InChI=1S/C10H12N8O/c11-3-6-5-18(1-2-19-6)9-7-4-13-17-8(7)14-10(15-9)16-12/h4,6H,1-2,5,12H2,(H2,13,14,15,16,17). The van der Waals surface area contributed by atoms with Crippen LogP contribution in [0.25, 0.3) is 11.0 Å². The van der Waals surface area contributed by atoms with Crippen LogP contribution in [0.3, 0.4) is 0 Å². The van der Waals surface area contributed by atoms with Gasteiger partial charge in [0.2, 0.25) is 5.95 Å². The summed E-state index contributed by atoms with van der Waals surface area (Å²) in [5, 5.41) is 16.5. The van der Waals surface area contributed by atoms with Gasteiger partial charge >= 0.3 is 0 Å². The number of anilines is 2. The molecule has 9 nitrogen and oxygen atoms in total. The van der Waals surface area contributed by atoms with Crippen LogP contribution in [0, 0.1) is 11.3 Å². The number of hydrogen-bond acceptors (Lipinski definition) is 8. The first-order valence-electron chi connectivity index (χ1n) is 5.75. The molecule has 0 bridgehead atoms. The van der Waals surface area contributed by atoms with Crippen molar-refractivity contribution in [1.29, 1.82) is 5.26 Å². The van der Waals surface area contributed by atoms with Crippen LogP contribution >= 0.6 is 0 Å². The number of aromatic amines is 1. The molecule has 4 N–H and O–H groups in total. The molecule has 3 heterocycles. The quantitative estimate of drug-likeness (QED) is 0.480. The molecule has 1 aliphatic heterocycles. The maximum Gasteiger partial charge on any atom is 0.241 e. The fourth-order valence-electron chi connectivity index (χ4n) is 2.05. The highest BCUT2D eigenvalue weighted by Crippen LogP contribution is 2.25. The van der Waals surface area contributed by atoms with E-state index in [0.29, 0.717) is 37.1 Å². The predicted octanol–water partition coefficient (Wildman–Crippen LogP) is -0.633. The highest BCUT2D eigenvalue weighted by atomic mass is 16.5. The molecule has 0 spiro atoms. The summed E-state index contributed by atoms with van der Waals surface area (Å²) in [5.41, 5.74) is 3.02. The van der Waals surface area contributed by atoms with Crippen LogP contribution in [0.1, 0.15) is 0 Å². The number of H-pyrrole nitrogens is 1. The first-order chi connectivity index (χ1) is 9.31. The van der Waals surface area contributed by atoms with Crippen molar-refractivity contribution in [2.24, 2.45) is 5.84 Å². The van der Waals surface area contributed by atoms with Crippen LogP contribution < -0.4 is 16.2 Å². The Kier molecular flexibility index (Phi) is 2.86. The summed E-state index contributed by atoms with van der Waals surface area (Å²) in [7, 11) is 0. The van der Waals surface area contributed by atoms with E-state index in [9.17, 15) is 0 Å². The van der Waals surface area contributed by atoms with Gasteiger partial charge < -0.3 is 9.64 Å². The minimum atomic E-state index is -0.458. The van der Waals surface area contributed by atoms with Crippen molar-refractivity contribution in [3.05, 3.63) is 6.20 Å². The Labute approximate surface area is 108 Å². The molecular formula is C10H12N8O. The van der Waals surface area contributed by atoms with E-state index in [0.717, 1.165) is 5.39 Å². The third kappa shape index (κ3) is 2.03. The van der Waals surface area contributed by atoms with E-state index in [2.05, 4.69) is 31.7 Å². The molecule has 0 aliphatic carbocycles. The topological polar surface area (TPSA) is 129 Å². The molecule has 19 heavy (non-hydrogen) atoms. The largest absolute Gasteiger partial charge is 0.360 e. The summed E-state index contributed by atoms with van der Waals surface area (Å²) in [5.74, 6) is 6.34. The summed E-state index contributed by atoms with van der Waals surface area (Å²) >= 11 is 0. The Morgan fingerprint density at radius 2 is 2.47 bits per heavy atom. The van der Waals surface area contributed by atoms with E-state index in [1.165, 1.54) is 0 Å². The molecule has 1 atom stereocenters. The van der Waals surface area contributed by atoms with Gasteiger partial charge in [0, 0.05) is 6.54 Å². The normalized spacial score (nSPS) is 19.4. The molecule has 3 rings (SSSR count). The Hall–Kier alpha value is -2.44. The predicted molar refractivity (Wildman–Crippen MR) is 67.1 cm³/mol. The van der Waals surface area contributed by atoms with Crippen LogP contribution in [0.15, 0.2) is 6.20 Å². The molecule has 0 amide bonds. The number of morpholine rings is 1. The van der Waals surface area contributed by atoms with Crippen molar-refractivity contribution in [3.63, 3.8) is 0 Å². The maximum absolute atomic E-state index is 8.94. The molecule has 98 valence electrons. The van der Waals surface area contributed by atoms with Crippen molar-refractivity contribution >= 4 is 22.8 Å². The highest BCUT2D eigenvalue weighted by molar-refractivity contribution is 5.87. The third-order valence-corrected chi connectivity index (χ3v) is 2.93. The van der Waals surface area contributed by atoms with Crippen LogP contribution in [0.4, 0.5) is 11.8 Å². The number of fused-ring (bicyclic) bond motifs is 1. The van der Waals surface area contributed by atoms with E-state index < -0.39 is 6.10 Å². The van der Waals surface area contributed by atoms with Gasteiger partial charge in [-0.05, 0) is 0 Å². The molecular weight excluding hydrogens is 248 g/mol. The SMILES string of the molecule is N#CC1CN(c2nc(NN)nc3[nH]ncc23)CCO1. The Morgan fingerprint density at radius 1 is 1.58 bits per heavy atom. The number of nitrogens with two attached hydrogens (primary N) is 1. The molecule has 0 aromatic carbocycles. The van der Waals surface area contributed by atoms with Gasteiger partial charge in [0.05, 0.1) is 30.8 Å². The van der Waals surface area contributed by atoms with Crippen molar-refractivity contribution in [1.82, 2.24) is 20.2 Å². The lowest BCUT2D eigenvalue weighted by Crippen LogP contribution is -2.42. The van der Waals surface area contributed by atoms with E-state index in [4.69, 9.17) is 15.8 Å². The Morgan fingerprint density at radius 3 is 3.26 bits per heavy atom. The van der Waals surface area contributed by atoms with Crippen LogP contribution in [0.2, 0.25) is 0 Å². The summed E-state index contributed by atoms with van der Waals surface area (Å²) < 4.78 is 5.32. The minimum absolute atomic E-state index is 0.298. The Balaban J connectivity index is 2.03. The average Bonchev–Trinajstić information content (AvgIpc) is 2.94. The van der Waals surface area contributed by atoms with Gasteiger partial charge in [0.15, 0.2) is 11.8 Å². The number of rotatable bonds is 2. The van der Waals surface area contributed by atoms with Gasteiger partial charge in [0.1, 0.15) is 5.82 Å². The number of hydrazine groups is 1. The molecule has 0 saturated carbocycles. The molecule has 1 saturated heterocycles. The van der Waals surface area contributed by atoms with Gasteiger partial charge in [0.25, 0.3) is 0 Å². The van der Waals surface area contributed by atoms with E-state index in [1.54, 1.807) is 6.20 Å². The third-order valence-electron chi connectivity index (χ3n) is 2.93. The van der Waals surface area contributed by atoms with Crippen LogP contribution in [-0.2, 0) is 4.74 Å². The zero-order valence-corrected chi connectivity index (χ0v) is 10.00. The van der Waals surface area contributed by atoms with Crippen molar-refractivity contribution in [2.45, 2.75) is 6.10 Å². The molecule has 9 heteroatoms. The van der Waals surface area contributed by atoms with Crippen molar-refractivity contribution in [3.8, 4) is 6.07 Å². The van der Waals surface area contributed by atoms with Crippen molar-refractivity contribution < 1.29 is 4.74 Å². The minimum Gasteiger partial charge on any atom is -0.360 e. The lowest BCUT2D eigenvalue weighted by atomic mass is 10.2. The van der Waals surface area contributed by atoms with Gasteiger partial charge in [-0.25, -0.2) is 5.84 Å². The fraction of sp³-hybridized carbons (Fsp3) is 0.400. The summed E-state index contributed by atoms with van der Waals surface area (Å²) in [6, 6.07) is 2.10. The van der Waals surface area contributed by atoms with E-state index in [-0.39, 0.29) is 0 Å². The monoisotopic (exact) mass is 260 g/mol. The van der Waals surface area contributed by atoms with Crippen molar-refractivity contribution in [2.75, 3.05) is 30.0 Å². The number of hydrogen-bond donors (Lipinski definition) is 3. The lowest BCUT2D eigenvalue weighted by Gasteiger charge is -2.30. The fourth-order valence-corrected chi connectivity index (χ4v) is 2.05. The Bertz CT molecular complexity index is 632. The van der Waals surface area contributed by atoms with E-state index >= 15 is 0 Å². The van der Waals surface area contributed by atoms with Gasteiger partial charge in [-0.2, -0.15) is 20.3 Å². The lowest BCUT2D eigenvalue weighted by molar-refractivity contribution is 0.0762. The first-order valence-corrected chi connectivity index (χ1v) is 5.75. The zero-order valence-electron chi connectivity index (χ0n) is 10.00. The number of ether oxygens (including phenoxy) is 1. The number of aromatic nitrogens is 4. The maximum atomic E-state index is 8.94. The summed E-state index contributed by atoms with van der Waals surface area (Å²) in [6.07, 6.45) is 1.20. The molecule has 0 radical (unpaired) electrons. The number of nitrogens with zero attached hydrogens (tertiary/aromatic N) is 5. The second kappa shape index (κ2) is 4.68. The summed E-state index contributed by atoms with van der Waals surface area (Å²) in [6.45, 7) is 1.59.